The van der Waals surface area contributed by atoms with Gasteiger partial charge in [-0.1, -0.05) is 6.07 Å². The van der Waals surface area contributed by atoms with Crippen LogP contribution < -0.4 is 10.1 Å². The van der Waals surface area contributed by atoms with E-state index in [1.807, 2.05) is 6.92 Å². The molecule has 0 radical (unpaired) electrons. The number of rotatable bonds is 7. The first-order valence-corrected chi connectivity index (χ1v) is 7.73. The van der Waals surface area contributed by atoms with Gasteiger partial charge in [0, 0.05) is 11.6 Å². The van der Waals surface area contributed by atoms with Crippen LogP contribution in [0.3, 0.4) is 0 Å². The van der Waals surface area contributed by atoms with Crippen molar-refractivity contribution in [3.63, 3.8) is 0 Å². The molecule has 0 aromatic heterocycles. The molecule has 1 atom stereocenters. The minimum absolute atomic E-state index is 0.113. The molecule has 0 aliphatic rings. The van der Waals surface area contributed by atoms with Gasteiger partial charge in [0.1, 0.15) is 23.8 Å². The molecular weight excluding hydrogens is 301 g/mol. The number of hydrogen-bond donors (Lipinski definition) is 2. The summed E-state index contributed by atoms with van der Waals surface area (Å²) in [5, 5.41) is 11.5. The van der Waals surface area contributed by atoms with Crippen LogP contribution in [-0.4, -0.2) is 36.1 Å². The molecule has 6 heteroatoms. The average molecular weight is 327 g/mol. The number of aliphatic hydroxyl groups is 1. The molecule has 5 nitrogen and oxygen atoms in total. The smallest absolute Gasteiger partial charge is 0.407 e. The molecule has 0 saturated heterocycles. The van der Waals surface area contributed by atoms with Gasteiger partial charge in [-0.3, -0.25) is 0 Å². The summed E-state index contributed by atoms with van der Waals surface area (Å²) in [7, 11) is 0. The van der Waals surface area contributed by atoms with E-state index in [-0.39, 0.29) is 25.1 Å². The third-order valence-corrected chi connectivity index (χ3v) is 3.02. The molecule has 0 bridgehead atoms. The van der Waals surface area contributed by atoms with Crippen molar-refractivity contribution in [2.45, 2.75) is 52.2 Å². The number of nitrogens with one attached hydrogen (secondary N) is 1. The van der Waals surface area contributed by atoms with E-state index in [2.05, 4.69) is 5.32 Å². The Hall–Kier alpha value is -1.82. The lowest BCUT2D eigenvalue weighted by atomic mass is 10.0. The first-order chi connectivity index (χ1) is 10.7. The molecular formula is C17H26FNO4. The topological polar surface area (TPSA) is 67.8 Å². The number of benzene rings is 1. The molecule has 1 rings (SSSR count). The predicted molar refractivity (Wildman–Crippen MR) is 86.1 cm³/mol. The van der Waals surface area contributed by atoms with E-state index < -0.39 is 11.7 Å². The van der Waals surface area contributed by atoms with Crippen molar-refractivity contribution in [1.82, 2.24) is 5.32 Å². The summed E-state index contributed by atoms with van der Waals surface area (Å²) in [5.74, 6) is 0.0634. The lowest BCUT2D eigenvalue weighted by molar-refractivity contribution is 0.0506. The van der Waals surface area contributed by atoms with Crippen LogP contribution in [0.5, 0.6) is 5.75 Å². The van der Waals surface area contributed by atoms with Crippen molar-refractivity contribution in [3.8, 4) is 5.75 Å². The number of alkyl carbamates (subject to hydrolysis) is 1. The van der Waals surface area contributed by atoms with E-state index in [0.29, 0.717) is 24.2 Å². The summed E-state index contributed by atoms with van der Waals surface area (Å²) >= 11 is 0. The van der Waals surface area contributed by atoms with Gasteiger partial charge in [-0.2, -0.15) is 0 Å². The zero-order valence-corrected chi connectivity index (χ0v) is 14.2. The second-order valence-corrected chi connectivity index (χ2v) is 6.37. The number of amides is 1. The van der Waals surface area contributed by atoms with E-state index in [9.17, 15) is 9.18 Å². The highest BCUT2D eigenvalue weighted by Gasteiger charge is 2.18. The number of carbonyl (C=O) groups is 1. The fourth-order valence-corrected chi connectivity index (χ4v) is 2.01. The van der Waals surface area contributed by atoms with Crippen LogP contribution in [0.4, 0.5) is 9.18 Å². The van der Waals surface area contributed by atoms with Gasteiger partial charge in [0.15, 0.2) is 0 Å². The molecule has 2 N–H and O–H groups in total. The van der Waals surface area contributed by atoms with Gasteiger partial charge in [-0.15, -0.1) is 0 Å². The number of aliphatic hydroxyl groups excluding tert-OH is 1. The van der Waals surface area contributed by atoms with Crippen LogP contribution in [0, 0.1) is 5.82 Å². The average Bonchev–Trinajstić information content (AvgIpc) is 2.41. The lowest BCUT2D eigenvalue weighted by Gasteiger charge is -2.22. The lowest BCUT2D eigenvalue weighted by Crippen LogP contribution is -2.37. The zero-order chi connectivity index (χ0) is 17.5. The fraction of sp³-hybridized carbons (Fsp3) is 0.588. The quantitative estimate of drug-likeness (QED) is 0.808. The van der Waals surface area contributed by atoms with E-state index in [4.69, 9.17) is 14.6 Å². The third kappa shape index (κ3) is 7.32. The largest absolute Gasteiger partial charge is 0.491 e. The number of hydrogen-bond acceptors (Lipinski definition) is 4. The second-order valence-electron chi connectivity index (χ2n) is 6.37. The summed E-state index contributed by atoms with van der Waals surface area (Å²) in [6.45, 7) is 7.19. The molecule has 1 amide bonds. The normalized spacial score (nSPS) is 12.6. The van der Waals surface area contributed by atoms with Gasteiger partial charge in [-0.25, -0.2) is 9.18 Å². The van der Waals surface area contributed by atoms with Gasteiger partial charge < -0.3 is 19.9 Å². The van der Waals surface area contributed by atoms with E-state index in [1.54, 1.807) is 32.9 Å². The first kappa shape index (κ1) is 19.2. The molecule has 23 heavy (non-hydrogen) atoms. The highest BCUT2D eigenvalue weighted by Crippen LogP contribution is 2.23. The summed E-state index contributed by atoms with van der Waals surface area (Å²) in [6, 6.07) is 4.43. The summed E-state index contributed by atoms with van der Waals surface area (Å²) in [5.41, 5.74) is -0.112. The van der Waals surface area contributed by atoms with Crippen molar-refractivity contribution < 1.29 is 23.8 Å². The highest BCUT2D eigenvalue weighted by atomic mass is 19.1. The standard InChI is InChI=1S/C17H26FNO4/c1-12(19-16(21)23-17(2,3)4)8-9-13-14(18)6-5-7-15(13)22-11-10-20/h5-7,12,20H,8-11H2,1-4H3,(H,19,21)/t12-/m0/s1. The monoisotopic (exact) mass is 327 g/mol. The summed E-state index contributed by atoms with van der Waals surface area (Å²) < 4.78 is 24.5. The maximum Gasteiger partial charge on any atom is 0.407 e. The molecule has 1 aromatic carbocycles. The first-order valence-electron chi connectivity index (χ1n) is 7.73. The molecule has 0 spiro atoms. The highest BCUT2D eigenvalue weighted by molar-refractivity contribution is 5.68. The molecule has 0 aliphatic heterocycles. The maximum absolute atomic E-state index is 14.0. The number of halogens is 1. The van der Waals surface area contributed by atoms with Crippen LogP contribution in [0.15, 0.2) is 18.2 Å². The van der Waals surface area contributed by atoms with Crippen LogP contribution in [0.1, 0.15) is 39.7 Å². The Kier molecular flexibility index (Phi) is 7.29. The van der Waals surface area contributed by atoms with Crippen molar-refractivity contribution >= 4 is 6.09 Å². The minimum atomic E-state index is -0.555. The van der Waals surface area contributed by atoms with E-state index in [0.717, 1.165) is 0 Å². The Morgan fingerprint density at radius 3 is 2.70 bits per heavy atom. The van der Waals surface area contributed by atoms with E-state index in [1.165, 1.54) is 6.07 Å². The van der Waals surface area contributed by atoms with Crippen molar-refractivity contribution in [1.29, 1.82) is 0 Å². The van der Waals surface area contributed by atoms with Crippen LogP contribution in [-0.2, 0) is 11.2 Å². The molecule has 1 aromatic rings. The maximum atomic E-state index is 14.0. The molecule has 0 aliphatic carbocycles. The summed E-state index contributed by atoms with van der Waals surface area (Å²) in [6.07, 6.45) is 0.454. The zero-order valence-electron chi connectivity index (χ0n) is 14.2. The molecule has 0 fully saturated rings. The van der Waals surface area contributed by atoms with Gasteiger partial charge in [0.05, 0.1) is 6.61 Å². The Morgan fingerprint density at radius 1 is 1.39 bits per heavy atom. The molecule has 0 unspecified atom stereocenters. The van der Waals surface area contributed by atoms with E-state index >= 15 is 0 Å². The van der Waals surface area contributed by atoms with Gasteiger partial charge >= 0.3 is 6.09 Å². The Morgan fingerprint density at radius 2 is 2.09 bits per heavy atom. The fourth-order valence-electron chi connectivity index (χ4n) is 2.01. The SMILES string of the molecule is C[C@@H](CCc1c(F)cccc1OCCO)NC(=O)OC(C)(C)C. The third-order valence-electron chi connectivity index (χ3n) is 3.02. The number of ether oxygens (including phenoxy) is 2. The summed E-state index contributed by atoms with van der Waals surface area (Å²) in [4.78, 5) is 11.7. The second kappa shape index (κ2) is 8.72. The molecule has 130 valence electrons. The van der Waals surface area contributed by atoms with Gasteiger partial charge in [-0.05, 0) is 52.7 Å². The molecule has 0 saturated carbocycles. The van der Waals surface area contributed by atoms with Crippen LogP contribution in [0.25, 0.3) is 0 Å². The van der Waals surface area contributed by atoms with Gasteiger partial charge in [0.2, 0.25) is 0 Å². The van der Waals surface area contributed by atoms with Crippen LogP contribution >= 0.6 is 0 Å². The van der Waals surface area contributed by atoms with Crippen molar-refractivity contribution in [2.24, 2.45) is 0 Å². The van der Waals surface area contributed by atoms with Crippen molar-refractivity contribution in [3.05, 3.63) is 29.6 Å². The Labute approximate surface area is 136 Å². The number of carbonyl (C=O) groups excluding carboxylic acids is 1. The van der Waals surface area contributed by atoms with Crippen molar-refractivity contribution in [2.75, 3.05) is 13.2 Å². The minimum Gasteiger partial charge on any atom is -0.491 e. The predicted octanol–water partition coefficient (Wildman–Crippen LogP) is 3.04. The Balaban J connectivity index is 2.58. The van der Waals surface area contributed by atoms with Crippen LogP contribution in [0.2, 0.25) is 0 Å². The Bertz CT molecular complexity index is 514. The van der Waals surface area contributed by atoms with Gasteiger partial charge in [0.25, 0.3) is 0 Å². The molecule has 0 heterocycles.